The van der Waals surface area contributed by atoms with E-state index in [1.165, 1.54) is 19.3 Å². The second-order valence-corrected chi connectivity index (χ2v) is 7.79. The SMILES string of the molecule is CCCCCCCN(C(=O)OCc1ccccc1)C(C)c1ccc(Br)cc1. The molecule has 27 heavy (non-hydrogen) atoms. The topological polar surface area (TPSA) is 29.5 Å². The van der Waals surface area contributed by atoms with Gasteiger partial charge in [-0.2, -0.15) is 0 Å². The lowest BCUT2D eigenvalue weighted by Gasteiger charge is -2.29. The van der Waals surface area contributed by atoms with E-state index in [0.717, 1.165) is 28.4 Å². The average Bonchev–Trinajstić information content (AvgIpc) is 2.70. The van der Waals surface area contributed by atoms with Gasteiger partial charge in [0.1, 0.15) is 6.61 Å². The fraction of sp³-hybridized carbons (Fsp3) is 0.435. The van der Waals surface area contributed by atoms with Gasteiger partial charge in [-0.1, -0.05) is 91.0 Å². The molecule has 1 unspecified atom stereocenters. The number of hydrogen-bond acceptors (Lipinski definition) is 2. The van der Waals surface area contributed by atoms with Crippen LogP contribution in [0.3, 0.4) is 0 Å². The van der Waals surface area contributed by atoms with Crippen LogP contribution >= 0.6 is 15.9 Å². The largest absolute Gasteiger partial charge is 0.445 e. The first-order chi connectivity index (χ1) is 13.1. The molecule has 0 saturated carbocycles. The van der Waals surface area contributed by atoms with Crippen molar-refractivity contribution >= 4 is 22.0 Å². The van der Waals surface area contributed by atoms with Crippen molar-refractivity contribution in [3.63, 3.8) is 0 Å². The standard InChI is InChI=1S/C23H30BrNO2/c1-3-4-5-6-10-17-25(19(2)21-13-15-22(24)16-14-21)23(26)27-18-20-11-8-7-9-12-20/h7-9,11-16,19H,3-6,10,17-18H2,1-2H3. The van der Waals surface area contributed by atoms with Gasteiger partial charge in [-0.25, -0.2) is 4.79 Å². The molecule has 3 nitrogen and oxygen atoms in total. The van der Waals surface area contributed by atoms with Gasteiger partial charge in [-0.3, -0.25) is 0 Å². The number of carbonyl (C=O) groups excluding carboxylic acids is 1. The molecule has 0 fully saturated rings. The Morgan fingerprint density at radius 3 is 2.33 bits per heavy atom. The van der Waals surface area contributed by atoms with E-state index in [4.69, 9.17) is 4.74 Å². The van der Waals surface area contributed by atoms with Crippen molar-refractivity contribution in [1.82, 2.24) is 4.90 Å². The molecule has 0 aliphatic heterocycles. The van der Waals surface area contributed by atoms with Crippen LogP contribution in [-0.2, 0) is 11.3 Å². The van der Waals surface area contributed by atoms with Gasteiger partial charge in [0.15, 0.2) is 0 Å². The lowest BCUT2D eigenvalue weighted by atomic mass is 10.1. The number of benzene rings is 2. The lowest BCUT2D eigenvalue weighted by molar-refractivity contribution is 0.0821. The molecular weight excluding hydrogens is 402 g/mol. The Morgan fingerprint density at radius 1 is 1.00 bits per heavy atom. The zero-order chi connectivity index (χ0) is 19.5. The van der Waals surface area contributed by atoms with Gasteiger partial charge in [0, 0.05) is 11.0 Å². The van der Waals surface area contributed by atoms with Crippen molar-refractivity contribution in [2.45, 2.75) is 58.6 Å². The third-order valence-electron chi connectivity index (χ3n) is 4.76. The summed E-state index contributed by atoms with van der Waals surface area (Å²) < 4.78 is 6.65. The van der Waals surface area contributed by atoms with Crippen LogP contribution in [-0.4, -0.2) is 17.5 Å². The summed E-state index contributed by atoms with van der Waals surface area (Å²) in [6.07, 6.45) is 5.59. The van der Waals surface area contributed by atoms with Crippen LogP contribution in [0.1, 0.15) is 63.1 Å². The third kappa shape index (κ3) is 7.37. The maximum Gasteiger partial charge on any atom is 0.410 e. The molecule has 0 spiro atoms. The Kier molecular flexibility index (Phi) is 9.40. The fourth-order valence-electron chi connectivity index (χ4n) is 3.05. The van der Waals surface area contributed by atoms with Crippen molar-refractivity contribution in [1.29, 1.82) is 0 Å². The molecule has 0 bridgehead atoms. The second kappa shape index (κ2) is 11.8. The van der Waals surface area contributed by atoms with E-state index in [1.54, 1.807) is 0 Å². The van der Waals surface area contributed by atoms with Crippen LogP contribution < -0.4 is 0 Å². The van der Waals surface area contributed by atoms with E-state index in [-0.39, 0.29) is 12.1 Å². The summed E-state index contributed by atoms with van der Waals surface area (Å²) in [6.45, 7) is 5.30. The van der Waals surface area contributed by atoms with Crippen LogP contribution in [0, 0.1) is 0 Å². The Balaban J connectivity index is 2.00. The van der Waals surface area contributed by atoms with E-state index in [0.29, 0.717) is 13.2 Å². The summed E-state index contributed by atoms with van der Waals surface area (Å²) in [4.78, 5) is 14.7. The number of hydrogen-bond donors (Lipinski definition) is 0. The van der Waals surface area contributed by atoms with Crippen molar-refractivity contribution in [3.8, 4) is 0 Å². The van der Waals surface area contributed by atoms with Crippen LogP contribution in [0.2, 0.25) is 0 Å². The quantitative estimate of drug-likeness (QED) is 0.374. The average molecular weight is 432 g/mol. The van der Waals surface area contributed by atoms with E-state index in [9.17, 15) is 4.79 Å². The molecule has 0 aliphatic carbocycles. The van der Waals surface area contributed by atoms with E-state index < -0.39 is 0 Å². The first-order valence-corrected chi connectivity index (χ1v) is 10.6. The molecule has 1 atom stereocenters. The minimum atomic E-state index is -0.246. The number of rotatable bonds is 10. The van der Waals surface area contributed by atoms with Crippen LogP contribution in [0.15, 0.2) is 59.1 Å². The Morgan fingerprint density at radius 2 is 1.67 bits per heavy atom. The smallest absolute Gasteiger partial charge is 0.410 e. The van der Waals surface area contributed by atoms with Gasteiger partial charge in [0.2, 0.25) is 0 Å². The highest BCUT2D eigenvalue weighted by atomic mass is 79.9. The molecule has 1 amide bonds. The van der Waals surface area contributed by atoms with Crippen LogP contribution in [0.5, 0.6) is 0 Å². The van der Waals surface area contributed by atoms with Crippen molar-refractivity contribution in [2.24, 2.45) is 0 Å². The van der Waals surface area contributed by atoms with Gasteiger partial charge in [0.05, 0.1) is 6.04 Å². The summed E-state index contributed by atoms with van der Waals surface area (Å²) in [7, 11) is 0. The Hall–Kier alpha value is -1.81. The molecule has 146 valence electrons. The molecule has 2 aromatic rings. The Labute approximate surface area is 171 Å². The number of carbonyl (C=O) groups is 1. The molecule has 0 heterocycles. The van der Waals surface area contributed by atoms with Crippen molar-refractivity contribution in [2.75, 3.05) is 6.54 Å². The number of nitrogens with zero attached hydrogens (tertiary/aromatic N) is 1. The van der Waals surface area contributed by atoms with Crippen molar-refractivity contribution < 1.29 is 9.53 Å². The second-order valence-electron chi connectivity index (χ2n) is 6.88. The Bertz CT molecular complexity index is 673. The normalized spacial score (nSPS) is 11.8. The maximum atomic E-state index is 12.8. The number of unbranched alkanes of at least 4 members (excludes halogenated alkanes) is 4. The first kappa shape index (κ1) is 21.5. The van der Waals surface area contributed by atoms with Gasteiger partial charge in [-0.05, 0) is 36.6 Å². The van der Waals surface area contributed by atoms with E-state index in [2.05, 4.69) is 41.9 Å². The minimum absolute atomic E-state index is 0.0208. The molecule has 0 N–H and O–H groups in total. The molecule has 4 heteroatoms. The van der Waals surface area contributed by atoms with Gasteiger partial charge >= 0.3 is 6.09 Å². The summed E-state index contributed by atoms with van der Waals surface area (Å²) >= 11 is 3.47. The molecule has 0 aliphatic rings. The monoisotopic (exact) mass is 431 g/mol. The molecule has 0 radical (unpaired) electrons. The molecule has 2 aromatic carbocycles. The van der Waals surface area contributed by atoms with E-state index >= 15 is 0 Å². The fourth-order valence-corrected chi connectivity index (χ4v) is 3.32. The maximum absolute atomic E-state index is 12.8. The molecule has 2 rings (SSSR count). The highest BCUT2D eigenvalue weighted by molar-refractivity contribution is 9.10. The zero-order valence-electron chi connectivity index (χ0n) is 16.4. The van der Waals surface area contributed by atoms with E-state index in [1.807, 2.05) is 47.4 Å². The van der Waals surface area contributed by atoms with Gasteiger partial charge < -0.3 is 9.64 Å². The van der Waals surface area contributed by atoms with Crippen molar-refractivity contribution in [3.05, 3.63) is 70.2 Å². The first-order valence-electron chi connectivity index (χ1n) is 9.84. The summed E-state index contributed by atoms with van der Waals surface area (Å²) in [5.74, 6) is 0. The minimum Gasteiger partial charge on any atom is -0.445 e. The number of ether oxygens (including phenoxy) is 1. The molecule has 0 saturated heterocycles. The number of amides is 1. The number of halogens is 1. The molecule has 0 aromatic heterocycles. The summed E-state index contributed by atoms with van der Waals surface area (Å²) in [6, 6.07) is 17.9. The van der Waals surface area contributed by atoms with Gasteiger partial charge in [0.25, 0.3) is 0 Å². The highest BCUT2D eigenvalue weighted by Gasteiger charge is 2.22. The lowest BCUT2D eigenvalue weighted by Crippen LogP contribution is -2.35. The zero-order valence-corrected chi connectivity index (χ0v) is 18.0. The van der Waals surface area contributed by atoms with Crippen LogP contribution in [0.4, 0.5) is 4.79 Å². The summed E-state index contributed by atoms with van der Waals surface area (Å²) in [5, 5.41) is 0. The summed E-state index contributed by atoms with van der Waals surface area (Å²) in [5.41, 5.74) is 2.12. The molecular formula is C23H30BrNO2. The van der Waals surface area contributed by atoms with Crippen LogP contribution in [0.25, 0.3) is 0 Å². The predicted molar refractivity (Wildman–Crippen MR) is 115 cm³/mol. The predicted octanol–water partition coefficient (Wildman–Crippen LogP) is 7.12. The third-order valence-corrected chi connectivity index (χ3v) is 5.29. The highest BCUT2D eigenvalue weighted by Crippen LogP contribution is 2.24. The van der Waals surface area contributed by atoms with Gasteiger partial charge in [-0.15, -0.1) is 0 Å².